The molecule has 0 saturated carbocycles. The van der Waals surface area contributed by atoms with Gasteiger partial charge in [0.25, 0.3) is 0 Å². The molecule has 0 atom stereocenters. The van der Waals surface area contributed by atoms with Gasteiger partial charge in [-0.25, -0.2) is 9.78 Å². The Morgan fingerprint density at radius 3 is 2.58 bits per heavy atom. The topological polar surface area (TPSA) is 71.7 Å². The van der Waals surface area contributed by atoms with Gasteiger partial charge in [-0.3, -0.25) is 9.20 Å². The van der Waals surface area contributed by atoms with E-state index in [9.17, 15) is 9.59 Å². The molecule has 0 bridgehead atoms. The third-order valence-electron chi connectivity index (χ3n) is 2.71. The third-order valence-corrected chi connectivity index (χ3v) is 3.69. The van der Waals surface area contributed by atoms with Crippen molar-refractivity contribution in [2.24, 2.45) is 0 Å². The fourth-order valence-corrected chi connectivity index (χ4v) is 2.57. The number of benzene rings is 1. The molecule has 0 radical (unpaired) electrons. The zero-order chi connectivity index (χ0) is 13.4. The van der Waals surface area contributed by atoms with Crippen LogP contribution in [0.4, 0.5) is 0 Å². The van der Waals surface area contributed by atoms with E-state index in [2.05, 4.69) is 4.98 Å². The molecule has 1 aromatic carbocycles. The van der Waals surface area contributed by atoms with Crippen molar-refractivity contribution in [1.29, 1.82) is 0 Å². The van der Waals surface area contributed by atoms with Gasteiger partial charge in [0.1, 0.15) is 11.2 Å². The number of aromatic nitrogens is 2. The number of aromatic carboxylic acids is 1. The fourth-order valence-electron chi connectivity index (χ4n) is 1.77. The molecule has 3 rings (SSSR count). The van der Waals surface area contributed by atoms with Gasteiger partial charge in [-0.05, 0) is 0 Å². The lowest BCUT2D eigenvalue weighted by molar-refractivity contribution is 0.0701. The number of nitrogens with zero attached hydrogens (tertiary/aromatic N) is 2. The molecular weight excluding hydrogens is 264 g/mol. The maximum absolute atomic E-state index is 10.8. The van der Waals surface area contributed by atoms with Crippen LogP contribution in [0.25, 0.3) is 16.2 Å². The number of imidazole rings is 1. The lowest BCUT2D eigenvalue weighted by Gasteiger charge is -1.95. The van der Waals surface area contributed by atoms with Gasteiger partial charge in [-0.15, -0.1) is 0 Å². The van der Waals surface area contributed by atoms with Crippen molar-refractivity contribution in [3.05, 3.63) is 47.1 Å². The number of carbonyl (C=O) groups is 2. The summed E-state index contributed by atoms with van der Waals surface area (Å²) in [5.74, 6) is -0.951. The van der Waals surface area contributed by atoms with Crippen molar-refractivity contribution in [2.45, 2.75) is 0 Å². The van der Waals surface area contributed by atoms with Crippen LogP contribution >= 0.6 is 11.3 Å². The van der Waals surface area contributed by atoms with E-state index >= 15 is 0 Å². The summed E-state index contributed by atoms with van der Waals surface area (Å²) in [7, 11) is 0. The molecule has 6 heteroatoms. The number of aldehydes is 1. The standard InChI is InChI=1S/C13H8N2O3S/c16-7-8-1-3-9(4-2-8)10-5-15-6-11(12(17)18)19-13(15)14-10/h1-7H,(H,17,18). The molecule has 0 aliphatic carbocycles. The molecule has 0 aliphatic rings. The SMILES string of the molecule is O=Cc1ccc(-c2cn3cc(C(=O)O)sc3n2)cc1. The van der Waals surface area contributed by atoms with Gasteiger partial charge in [0.05, 0.1) is 5.69 Å². The zero-order valence-electron chi connectivity index (χ0n) is 9.61. The first-order valence-electron chi connectivity index (χ1n) is 5.45. The Hall–Kier alpha value is -2.47. The number of thiazole rings is 1. The van der Waals surface area contributed by atoms with Crippen LogP contribution in [0.5, 0.6) is 0 Å². The zero-order valence-corrected chi connectivity index (χ0v) is 10.4. The molecule has 94 valence electrons. The number of carboxylic acid groups (broad SMARTS) is 1. The first kappa shape index (κ1) is 11.6. The van der Waals surface area contributed by atoms with Crippen molar-refractivity contribution in [1.82, 2.24) is 9.38 Å². The molecule has 0 fully saturated rings. The Morgan fingerprint density at radius 2 is 2.00 bits per heavy atom. The van der Waals surface area contributed by atoms with E-state index in [-0.39, 0.29) is 4.88 Å². The van der Waals surface area contributed by atoms with Gasteiger partial charge in [-0.2, -0.15) is 0 Å². The predicted octanol–water partition coefficient (Wildman–Crippen LogP) is 2.57. The lowest BCUT2D eigenvalue weighted by Crippen LogP contribution is -1.90. The van der Waals surface area contributed by atoms with Gasteiger partial charge >= 0.3 is 5.97 Å². The highest BCUT2D eigenvalue weighted by Crippen LogP contribution is 2.24. The van der Waals surface area contributed by atoms with Crippen molar-refractivity contribution in [3.8, 4) is 11.3 Å². The number of carbonyl (C=O) groups excluding carboxylic acids is 1. The van der Waals surface area contributed by atoms with E-state index in [0.717, 1.165) is 28.9 Å². The number of fused-ring (bicyclic) bond motifs is 1. The van der Waals surface area contributed by atoms with Crippen molar-refractivity contribution in [2.75, 3.05) is 0 Å². The average molecular weight is 272 g/mol. The van der Waals surface area contributed by atoms with Gasteiger partial charge in [0, 0.05) is 23.5 Å². The third kappa shape index (κ3) is 2.02. The van der Waals surface area contributed by atoms with Gasteiger partial charge in [-0.1, -0.05) is 35.6 Å². The fraction of sp³-hybridized carbons (Fsp3) is 0. The maximum atomic E-state index is 10.8. The average Bonchev–Trinajstić information content (AvgIpc) is 2.97. The van der Waals surface area contributed by atoms with Gasteiger partial charge in [0.2, 0.25) is 0 Å². The van der Waals surface area contributed by atoms with Crippen LogP contribution in [0.1, 0.15) is 20.0 Å². The Balaban J connectivity index is 2.02. The monoisotopic (exact) mass is 272 g/mol. The number of carboxylic acids is 1. The molecule has 1 N–H and O–H groups in total. The lowest BCUT2D eigenvalue weighted by atomic mass is 10.1. The summed E-state index contributed by atoms with van der Waals surface area (Å²) in [4.78, 5) is 26.7. The predicted molar refractivity (Wildman–Crippen MR) is 70.9 cm³/mol. The minimum absolute atomic E-state index is 0.255. The van der Waals surface area contributed by atoms with E-state index in [4.69, 9.17) is 5.11 Å². The van der Waals surface area contributed by atoms with E-state index in [1.165, 1.54) is 0 Å². The molecule has 3 aromatic rings. The largest absolute Gasteiger partial charge is 0.477 e. The van der Waals surface area contributed by atoms with E-state index in [1.807, 2.05) is 12.1 Å². The Bertz CT molecular complexity index is 739. The Kier molecular flexibility index (Phi) is 2.64. The minimum atomic E-state index is -0.951. The molecular formula is C13H8N2O3S. The minimum Gasteiger partial charge on any atom is -0.477 e. The summed E-state index contributed by atoms with van der Waals surface area (Å²) >= 11 is 1.12. The van der Waals surface area contributed by atoms with Gasteiger partial charge in [0.15, 0.2) is 4.96 Å². The number of rotatable bonds is 3. The molecule has 0 spiro atoms. The highest BCUT2D eigenvalue weighted by Gasteiger charge is 2.11. The van der Waals surface area contributed by atoms with Crippen molar-refractivity contribution < 1.29 is 14.7 Å². The maximum Gasteiger partial charge on any atom is 0.347 e. The van der Waals surface area contributed by atoms with Crippen LogP contribution in [0.3, 0.4) is 0 Å². The van der Waals surface area contributed by atoms with Crippen LogP contribution < -0.4 is 0 Å². The summed E-state index contributed by atoms with van der Waals surface area (Å²) in [6.07, 6.45) is 4.10. The number of hydrogen-bond acceptors (Lipinski definition) is 4. The first-order valence-corrected chi connectivity index (χ1v) is 6.26. The second-order valence-corrected chi connectivity index (χ2v) is 4.97. The second-order valence-electron chi connectivity index (χ2n) is 3.96. The van der Waals surface area contributed by atoms with Crippen molar-refractivity contribution >= 4 is 28.6 Å². The molecule has 5 nitrogen and oxygen atoms in total. The quantitative estimate of drug-likeness (QED) is 0.744. The highest BCUT2D eigenvalue weighted by molar-refractivity contribution is 7.18. The summed E-state index contributed by atoms with van der Waals surface area (Å²) < 4.78 is 1.69. The van der Waals surface area contributed by atoms with Crippen molar-refractivity contribution in [3.63, 3.8) is 0 Å². The van der Waals surface area contributed by atoms with Crippen LogP contribution in [-0.4, -0.2) is 26.7 Å². The summed E-state index contributed by atoms with van der Waals surface area (Å²) in [5.41, 5.74) is 2.25. The van der Waals surface area contributed by atoms with Crippen LogP contribution in [-0.2, 0) is 0 Å². The van der Waals surface area contributed by atoms with E-state index in [0.29, 0.717) is 10.5 Å². The van der Waals surface area contributed by atoms with Crippen LogP contribution in [0.15, 0.2) is 36.7 Å². The molecule has 19 heavy (non-hydrogen) atoms. The Morgan fingerprint density at radius 1 is 1.26 bits per heavy atom. The Labute approximate surface area is 111 Å². The molecule has 0 aliphatic heterocycles. The van der Waals surface area contributed by atoms with Crippen LogP contribution in [0, 0.1) is 0 Å². The highest BCUT2D eigenvalue weighted by atomic mass is 32.1. The summed E-state index contributed by atoms with van der Waals surface area (Å²) in [6.45, 7) is 0. The summed E-state index contributed by atoms with van der Waals surface area (Å²) in [6, 6.07) is 7.07. The molecule has 2 aromatic heterocycles. The molecule has 0 amide bonds. The van der Waals surface area contributed by atoms with Gasteiger partial charge < -0.3 is 5.11 Å². The smallest absolute Gasteiger partial charge is 0.347 e. The molecule has 0 saturated heterocycles. The van der Waals surface area contributed by atoms with E-state index in [1.54, 1.807) is 28.9 Å². The first-order chi connectivity index (χ1) is 9.17. The second kappa shape index (κ2) is 4.33. The number of hydrogen-bond donors (Lipinski definition) is 1. The molecule has 2 heterocycles. The normalized spacial score (nSPS) is 10.7. The summed E-state index contributed by atoms with van der Waals surface area (Å²) in [5, 5.41) is 8.88. The van der Waals surface area contributed by atoms with E-state index < -0.39 is 5.97 Å². The molecule has 0 unspecified atom stereocenters. The van der Waals surface area contributed by atoms with Crippen LogP contribution in [0.2, 0.25) is 0 Å².